The van der Waals surface area contributed by atoms with E-state index < -0.39 is 34.7 Å². The summed E-state index contributed by atoms with van der Waals surface area (Å²) in [4.78, 5) is 45.5. The molecule has 0 radical (unpaired) electrons. The molecule has 0 fully saturated rings. The number of benzene rings is 3. The van der Waals surface area contributed by atoms with Crippen LogP contribution in [0.15, 0.2) is 84.3 Å². The van der Waals surface area contributed by atoms with E-state index in [0.29, 0.717) is 39.5 Å². The summed E-state index contributed by atoms with van der Waals surface area (Å²) in [5.41, 5.74) is -0.297. The summed E-state index contributed by atoms with van der Waals surface area (Å²) in [6.45, 7) is 5.48. The van der Waals surface area contributed by atoms with Crippen molar-refractivity contribution in [3.8, 4) is 28.7 Å². The van der Waals surface area contributed by atoms with Gasteiger partial charge in [0, 0.05) is 16.7 Å². The van der Waals surface area contributed by atoms with Crippen LogP contribution in [0.5, 0.6) is 28.7 Å². The summed E-state index contributed by atoms with van der Waals surface area (Å²) < 4.78 is 40.0. The molecule has 0 aromatic heterocycles. The maximum atomic E-state index is 15.6. The minimum atomic E-state index is -1.65. The van der Waals surface area contributed by atoms with Crippen molar-refractivity contribution in [3.63, 3.8) is 0 Å². The van der Waals surface area contributed by atoms with Gasteiger partial charge in [0.15, 0.2) is 34.5 Å². The molecule has 3 aromatic rings. The predicted molar refractivity (Wildman–Crippen MR) is 187 cm³/mol. The smallest absolute Gasteiger partial charge is 0.261 e. The molecule has 2 amide bonds. The number of para-hydroxylation sites is 1. The van der Waals surface area contributed by atoms with Crippen LogP contribution in [0, 0.1) is 0 Å². The number of amides is 2. The minimum absolute atomic E-state index is 0.0403. The second-order valence-corrected chi connectivity index (χ2v) is 13.0. The monoisotopic (exact) mass is 696 g/mol. The van der Waals surface area contributed by atoms with Crippen molar-refractivity contribution >= 4 is 28.7 Å². The fourth-order valence-electron chi connectivity index (χ4n) is 6.80. The maximum absolute atomic E-state index is 15.6. The molecule has 1 atom stereocenters. The third kappa shape index (κ3) is 5.90. The van der Waals surface area contributed by atoms with Crippen LogP contribution in [-0.4, -0.2) is 75.9 Å². The molecule has 1 spiro atoms. The normalized spacial score (nSPS) is 16.8. The van der Waals surface area contributed by atoms with Gasteiger partial charge in [0.2, 0.25) is 18.4 Å². The molecule has 2 heterocycles. The third-order valence-corrected chi connectivity index (χ3v) is 8.81. The van der Waals surface area contributed by atoms with Crippen LogP contribution in [0.4, 0.5) is 0 Å². The summed E-state index contributed by atoms with van der Waals surface area (Å²) in [5, 5.41) is 3.07. The van der Waals surface area contributed by atoms with Gasteiger partial charge in [-0.25, -0.2) is 0 Å². The summed E-state index contributed by atoms with van der Waals surface area (Å²) in [5.74, 6) is -0.102. The van der Waals surface area contributed by atoms with Gasteiger partial charge >= 0.3 is 0 Å². The number of nitrogens with zero attached hydrogens (tertiary/aromatic N) is 1. The van der Waals surface area contributed by atoms with Crippen molar-refractivity contribution in [2.75, 3.05) is 42.3 Å². The van der Waals surface area contributed by atoms with Crippen LogP contribution in [0.25, 0.3) is 11.1 Å². The lowest BCUT2D eigenvalue weighted by molar-refractivity contribution is -0.139. The summed E-state index contributed by atoms with van der Waals surface area (Å²) in [7, 11) is 7.13. The number of rotatable bonds is 10. The maximum Gasteiger partial charge on any atom is 0.261 e. The lowest BCUT2D eigenvalue weighted by Gasteiger charge is -2.43. The van der Waals surface area contributed by atoms with E-state index in [1.807, 2.05) is 51.1 Å². The Morgan fingerprint density at radius 1 is 0.824 bits per heavy atom. The summed E-state index contributed by atoms with van der Waals surface area (Å²) in [6.07, 6.45) is 3.11. The van der Waals surface area contributed by atoms with E-state index in [2.05, 4.69) is 5.32 Å². The van der Waals surface area contributed by atoms with Gasteiger partial charge in [-0.05, 0) is 62.2 Å². The number of Topliss-reactive ketones (excluding diaryl/α,β-unsaturated/α-hetero) is 1. The molecule has 266 valence electrons. The van der Waals surface area contributed by atoms with E-state index in [9.17, 15) is 9.59 Å². The fourth-order valence-corrected chi connectivity index (χ4v) is 6.80. The van der Waals surface area contributed by atoms with Gasteiger partial charge in [-0.3, -0.25) is 14.4 Å². The molecule has 1 N–H and O–H groups in total. The Labute approximate surface area is 296 Å². The molecule has 6 rings (SSSR count). The number of ketones is 1. The first-order valence-electron chi connectivity index (χ1n) is 16.2. The number of hydrogen-bond acceptors (Lipinski definition) is 10. The first-order chi connectivity index (χ1) is 24.4. The van der Waals surface area contributed by atoms with E-state index in [1.54, 1.807) is 42.5 Å². The van der Waals surface area contributed by atoms with Crippen molar-refractivity contribution in [2.24, 2.45) is 0 Å². The second kappa shape index (κ2) is 13.4. The number of fused-ring (bicyclic) bond motifs is 1. The molecule has 0 saturated carbocycles. The highest BCUT2D eigenvalue weighted by Crippen LogP contribution is 2.56. The number of hydrogen-bond donors (Lipinski definition) is 1. The van der Waals surface area contributed by atoms with Crippen molar-refractivity contribution < 1.29 is 47.5 Å². The molecule has 0 bridgehead atoms. The Bertz CT molecular complexity index is 1940. The average Bonchev–Trinajstić information content (AvgIpc) is 3.69. The Hall–Kier alpha value is -5.91. The standard InChI is InChI=1S/C39H40N2O10/c1-38(2,3)40-36(43)32(23-17-26(45-4)35(49-8)27(18-23)46-5)41-37(44)30(24-15-12-16-25-34(24)51-21-50-25)31(22-13-10-9-11-14-22)39(41)19-28(47-6)33(42)29(20-39)48-7/h9-20,32H,21H2,1-8H3,(H,40,43). The molecule has 12 nitrogen and oxygen atoms in total. The zero-order valence-electron chi connectivity index (χ0n) is 29.7. The quantitative estimate of drug-likeness (QED) is 0.301. The molecular weight excluding hydrogens is 656 g/mol. The second-order valence-electron chi connectivity index (χ2n) is 13.0. The molecule has 3 aliphatic rings. The number of nitrogens with one attached hydrogen (secondary N) is 1. The van der Waals surface area contributed by atoms with Crippen LogP contribution in [-0.2, 0) is 23.9 Å². The predicted octanol–water partition coefficient (Wildman–Crippen LogP) is 5.23. The van der Waals surface area contributed by atoms with Crippen LogP contribution in [0.2, 0.25) is 0 Å². The first kappa shape index (κ1) is 34.9. The molecule has 1 aliphatic carbocycles. The molecule has 1 unspecified atom stereocenters. The molecule has 12 heteroatoms. The zero-order valence-corrected chi connectivity index (χ0v) is 29.7. The van der Waals surface area contributed by atoms with Gasteiger partial charge in [-0.15, -0.1) is 0 Å². The highest BCUT2D eigenvalue weighted by Gasteiger charge is 2.57. The largest absolute Gasteiger partial charge is 0.493 e. The lowest BCUT2D eigenvalue weighted by Crippen LogP contribution is -2.55. The number of ether oxygens (including phenoxy) is 7. The summed E-state index contributed by atoms with van der Waals surface area (Å²) >= 11 is 0. The molecule has 0 saturated heterocycles. The van der Waals surface area contributed by atoms with Gasteiger partial charge in [0.05, 0.1) is 41.1 Å². The SMILES string of the molecule is COC1=CC2(C=C(OC)C1=O)C(c1ccccc1)=C(c1cccc3c1OCO3)C(=O)N2C(C(=O)NC(C)(C)C)c1cc(OC)c(OC)c(OC)c1. The summed E-state index contributed by atoms with van der Waals surface area (Å²) in [6, 6.07) is 16.4. The first-order valence-corrected chi connectivity index (χ1v) is 16.2. The van der Waals surface area contributed by atoms with Crippen LogP contribution in [0.1, 0.15) is 43.5 Å². The van der Waals surface area contributed by atoms with Crippen LogP contribution < -0.4 is 29.0 Å². The van der Waals surface area contributed by atoms with Crippen molar-refractivity contribution in [2.45, 2.75) is 37.9 Å². The van der Waals surface area contributed by atoms with Crippen LogP contribution >= 0.6 is 0 Å². The van der Waals surface area contributed by atoms with Crippen molar-refractivity contribution in [3.05, 3.63) is 101 Å². The third-order valence-electron chi connectivity index (χ3n) is 8.81. The van der Waals surface area contributed by atoms with E-state index in [0.717, 1.165) is 0 Å². The Balaban J connectivity index is 1.77. The molecular formula is C39H40N2O10. The van der Waals surface area contributed by atoms with Crippen molar-refractivity contribution in [1.82, 2.24) is 10.2 Å². The highest BCUT2D eigenvalue weighted by molar-refractivity contribution is 6.34. The average molecular weight is 697 g/mol. The van der Waals surface area contributed by atoms with Gasteiger partial charge in [0.1, 0.15) is 11.6 Å². The van der Waals surface area contributed by atoms with Crippen molar-refractivity contribution in [1.29, 1.82) is 0 Å². The zero-order chi connectivity index (χ0) is 36.7. The Kier molecular flexibility index (Phi) is 9.20. The minimum Gasteiger partial charge on any atom is -0.493 e. The van der Waals surface area contributed by atoms with E-state index in [4.69, 9.17) is 33.2 Å². The van der Waals surface area contributed by atoms with Gasteiger partial charge in [-0.2, -0.15) is 0 Å². The number of methoxy groups -OCH3 is 5. The molecule has 3 aromatic carbocycles. The molecule has 51 heavy (non-hydrogen) atoms. The highest BCUT2D eigenvalue weighted by atomic mass is 16.7. The van der Waals surface area contributed by atoms with Crippen LogP contribution in [0.3, 0.4) is 0 Å². The number of carbonyl (C=O) groups is 3. The Morgan fingerprint density at radius 3 is 2.00 bits per heavy atom. The fraction of sp³-hybridized carbons (Fsp3) is 0.308. The van der Waals surface area contributed by atoms with E-state index >= 15 is 4.79 Å². The van der Waals surface area contributed by atoms with E-state index in [-0.39, 0.29) is 35.4 Å². The topological polar surface area (TPSA) is 131 Å². The van der Waals surface area contributed by atoms with Gasteiger partial charge in [0.25, 0.3) is 11.7 Å². The lowest BCUT2D eigenvalue weighted by atomic mass is 9.78. The molecule has 2 aliphatic heterocycles. The van der Waals surface area contributed by atoms with Gasteiger partial charge < -0.3 is 43.4 Å². The number of carbonyl (C=O) groups excluding carboxylic acids is 3. The Morgan fingerprint density at radius 2 is 1.45 bits per heavy atom. The van der Waals surface area contributed by atoms with Gasteiger partial charge in [-0.1, -0.05) is 42.5 Å². The van der Waals surface area contributed by atoms with E-state index in [1.165, 1.54) is 40.4 Å².